The lowest BCUT2D eigenvalue weighted by molar-refractivity contribution is 0.161. The van der Waals surface area contributed by atoms with Crippen molar-refractivity contribution in [1.29, 1.82) is 0 Å². The highest BCUT2D eigenvalue weighted by atomic mass is 16.5. The van der Waals surface area contributed by atoms with E-state index in [0.717, 1.165) is 11.1 Å². The Kier molecular flexibility index (Phi) is 3.04. The highest BCUT2D eigenvalue weighted by Gasteiger charge is 1.92. The minimum atomic E-state index is 0.466. The van der Waals surface area contributed by atoms with E-state index in [1.807, 2.05) is 24.3 Å². The van der Waals surface area contributed by atoms with Crippen molar-refractivity contribution in [2.75, 3.05) is 0 Å². The number of rotatable bonds is 3. The van der Waals surface area contributed by atoms with Gasteiger partial charge in [-0.2, -0.15) is 0 Å². The van der Waals surface area contributed by atoms with Crippen molar-refractivity contribution in [3.05, 3.63) is 35.4 Å². The molecule has 0 amide bonds. The third-order valence-corrected chi connectivity index (χ3v) is 1.51. The Balaban J connectivity index is 2.74. The number of hydrogen-bond donors (Lipinski definition) is 3. The monoisotopic (exact) mass is 152 g/mol. The van der Waals surface area contributed by atoms with Gasteiger partial charge in [0.15, 0.2) is 0 Å². The molecule has 0 aliphatic rings. The van der Waals surface area contributed by atoms with Crippen LogP contribution in [0.3, 0.4) is 0 Å². The highest BCUT2D eigenvalue weighted by Crippen LogP contribution is 2.03. The van der Waals surface area contributed by atoms with E-state index in [9.17, 15) is 0 Å². The Hall–Kier alpha value is -0.900. The third kappa shape index (κ3) is 2.31. The summed E-state index contributed by atoms with van der Waals surface area (Å²) in [4.78, 5) is 0. The first-order valence-electron chi connectivity index (χ1n) is 3.51. The molecule has 4 N–H and O–H groups in total. The van der Waals surface area contributed by atoms with Gasteiger partial charge in [-0.1, -0.05) is 24.3 Å². The molecule has 3 nitrogen and oxygen atoms in total. The van der Waals surface area contributed by atoms with Gasteiger partial charge in [0.25, 0.3) is 0 Å². The molecule has 0 radical (unpaired) electrons. The molecule has 0 aliphatic heterocycles. The van der Waals surface area contributed by atoms with Gasteiger partial charge >= 0.3 is 0 Å². The predicted octanol–water partition coefficient (Wildman–Crippen LogP) is 0.624. The minimum absolute atomic E-state index is 0.466. The molecule has 1 rings (SSSR count). The number of nitrogens with one attached hydrogen (secondary N) is 1. The fraction of sp³-hybridized carbons (Fsp3) is 0.250. The summed E-state index contributed by atoms with van der Waals surface area (Å²) >= 11 is 0. The maximum absolute atomic E-state index is 8.40. The van der Waals surface area contributed by atoms with Gasteiger partial charge in [-0.15, -0.1) is 0 Å². The highest BCUT2D eigenvalue weighted by molar-refractivity contribution is 5.22. The fourth-order valence-electron chi connectivity index (χ4n) is 0.958. The van der Waals surface area contributed by atoms with Crippen molar-refractivity contribution in [3.63, 3.8) is 0 Å². The molecule has 0 heterocycles. The topological polar surface area (TPSA) is 58.3 Å². The summed E-state index contributed by atoms with van der Waals surface area (Å²) in [5, 5.41) is 8.40. The van der Waals surface area contributed by atoms with Gasteiger partial charge in [0, 0.05) is 13.1 Å². The van der Waals surface area contributed by atoms with E-state index >= 15 is 0 Å². The van der Waals surface area contributed by atoms with Crippen LogP contribution >= 0.6 is 0 Å². The Bertz CT molecular complexity index is 225. The molecule has 0 unspecified atom stereocenters. The van der Waals surface area contributed by atoms with Crippen LogP contribution in [0.5, 0.6) is 0 Å². The van der Waals surface area contributed by atoms with E-state index in [2.05, 4.69) is 5.48 Å². The molecule has 3 heteroatoms. The summed E-state index contributed by atoms with van der Waals surface area (Å²) in [6.07, 6.45) is 0. The molecule has 0 bridgehead atoms. The normalized spacial score (nSPS) is 10.0. The van der Waals surface area contributed by atoms with Crippen LogP contribution in [0.2, 0.25) is 0 Å². The number of benzene rings is 1. The molecule has 0 saturated carbocycles. The van der Waals surface area contributed by atoms with Crippen LogP contribution in [0.25, 0.3) is 0 Å². The summed E-state index contributed by atoms with van der Waals surface area (Å²) in [6.45, 7) is 1.01. The second kappa shape index (κ2) is 4.08. The van der Waals surface area contributed by atoms with Gasteiger partial charge in [-0.05, 0) is 11.1 Å². The van der Waals surface area contributed by atoms with E-state index in [1.165, 1.54) is 0 Å². The maximum atomic E-state index is 8.40. The minimum Gasteiger partial charge on any atom is -0.326 e. The van der Waals surface area contributed by atoms with Crippen molar-refractivity contribution >= 4 is 0 Å². The third-order valence-electron chi connectivity index (χ3n) is 1.51. The second-order valence-electron chi connectivity index (χ2n) is 2.36. The van der Waals surface area contributed by atoms with Crippen LogP contribution in [-0.2, 0) is 13.1 Å². The Morgan fingerprint density at radius 1 is 1.36 bits per heavy atom. The second-order valence-corrected chi connectivity index (χ2v) is 2.36. The predicted molar refractivity (Wildman–Crippen MR) is 43.0 cm³/mol. The van der Waals surface area contributed by atoms with E-state index < -0.39 is 0 Å². The lowest BCUT2D eigenvalue weighted by atomic mass is 10.1. The molecule has 0 aliphatic carbocycles. The first-order chi connectivity index (χ1) is 5.36. The molecule has 60 valence electrons. The molecule has 0 aromatic heterocycles. The van der Waals surface area contributed by atoms with Gasteiger partial charge < -0.3 is 10.9 Å². The van der Waals surface area contributed by atoms with Crippen molar-refractivity contribution in [2.45, 2.75) is 13.1 Å². The largest absolute Gasteiger partial charge is 0.326 e. The van der Waals surface area contributed by atoms with Crippen LogP contribution in [0.4, 0.5) is 0 Å². The van der Waals surface area contributed by atoms with Gasteiger partial charge in [0.2, 0.25) is 0 Å². The molecule has 11 heavy (non-hydrogen) atoms. The van der Waals surface area contributed by atoms with Crippen molar-refractivity contribution in [3.8, 4) is 0 Å². The molecule has 1 aromatic carbocycles. The SMILES string of the molecule is NCc1cccc(CNO)c1. The molecule has 0 saturated heterocycles. The average Bonchev–Trinajstić information content (AvgIpc) is 2.06. The first-order valence-corrected chi connectivity index (χ1v) is 3.51. The van der Waals surface area contributed by atoms with E-state index in [-0.39, 0.29) is 0 Å². The molecule has 1 aromatic rings. The summed E-state index contributed by atoms with van der Waals surface area (Å²) in [5.41, 5.74) is 9.65. The standard InChI is InChI=1S/C8H12N2O/c9-5-7-2-1-3-8(4-7)6-10-11/h1-4,10-11H,5-6,9H2. The Morgan fingerprint density at radius 3 is 2.73 bits per heavy atom. The quantitative estimate of drug-likeness (QED) is 0.556. The van der Waals surface area contributed by atoms with Gasteiger partial charge in [-0.25, -0.2) is 5.48 Å². The van der Waals surface area contributed by atoms with Crippen molar-refractivity contribution < 1.29 is 5.21 Å². The van der Waals surface area contributed by atoms with Gasteiger partial charge in [-0.3, -0.25) is 0 Å². The van der Waals surface area contributed by atoms with E-state index in [4.69, 9.17) is 10.9 Å². The zero-order chi connectivity index (χ0) is 8.10. The lowest BCUT2D eigenvalue weighted by Crippen LogP contribution is -2.06. The summed E-state index contributed by atoms with van der Waals surface area (Å²) < 4.78 is 0. The average molecular weight is 152 g/mol. The van der Waals surface area contributed by atoms with Crippen LogP contribution in [-0.4, -0.2) is 5.21 Å². The number of hydrogen-bond acceptors (Lipinski definition) is 3. The number of nitrogens with two attached hydrogens (primary N) is 1. The lowest BCUT2D eigenvalue weighted by Gasteiger charge is -2.00. The molecule has 0 atom stereocenters. The van der Waals surface area contributed by atoms with Gasteiger partial charge in [0.05, 0.1) is 0 Å². The smallest absolute Gasteiger partial charge is 0.0458 e. The first kappa shape index (κ1) is 8.20. The molecular formula is C8H12N2O. The van der Waals surface area contributed by atoms with Gasteiger partial charge in [0.1, 0.15) is 0 Å². The van der Waals surface area contributed by atoms with Crippen LogP contribution < -0.4 is 11.2 Å². The Labute approximate surface area is 65.8 Å². The maximum Gasteiger partial charge on any atom is 0.0458 e. The van der Waals surface area contributed by atoms with E-state index in [1.54, 1.807) is 0 Å². The summed E-state index contributed by atoms with van der Waals surface area (Å²) in [5.74, 6) is 0. The fourth-order valence-corrected chi connectivity index (χ4v) is 0.958. The molecule has 0 fully saturated rings. The molecule has 0 spiro atoms. The number of hydroxylamine groups is 1. The van der Waals surface area contributed by atoms with Crippen LogP contribution in [0.15, 0.2) is 24.3 Å². The van der Waals surface area contributed by atoms with Crippen molar-refractivity contribution in [1.82, 2.24) is 5.48 Å². The van der Waals surface area contributed by atoms with Crippen LogP contribution in [0.1, 0.15) is 11.1 Å². The summed E-state index contributed by atoms with van der Waals surface area (Å²) in [7, 11) is 0. The zero-order valence-electron chi connectivity index (χ0n) is 6.25. The Morgan fingerprint density at radius 2 is 2.09 bits per heavy atom. The van der Waals surface area contributed by atoms with Crippen LogP contribution in [0, 0.1) is 0 Å². The van der Waals surface area contributed by atoms with Crippen molar-refractivity contribution in [2.24, 2.45) is 5.73 Å². The zero-order valence-corrected chi connectivity index (χ0v) is 6.25. The van der Waals surface area contributed by atoms with E-state index in [0.29, 0.717) is 13.1 Å². The summed E-state index contributed by atoms with van der Waals surface area (Å²) in [6, 6.07) is 7.78. The molecular weight excluding hydrogens is 140 g/mol.